The van der Waals surface area contributed by atoms with Crippen molar-refractivity contribution in [1.29, 1.82) is 0 Å². The van der Waals surface area contributed by atoms with Gasteiger partial charge in [-0.1, -0.05) is 64.7 Å². The SMILES string of the molecule is CC1CC(N)CN(C2CCCCCCCCCCC2)C1. The number of likely N-dealkylation sites (tertiary alicyclic amines) is 1. The second-order valence-electron chi connectivity index (χ2n) is 7.47. The maximum atomic E-state index is 6.25. The van der Waals surface area contributed by atoms with Crippen molar-refractivity contribution in [2.75, 3.05) is 13.1 Å². The molecular weight excluding hydrogens is 244 g/mol. The molecule has 1 aliphatic carbocycles. The summed E-state index contributed by atoms with van der Waals surface area (Å²) in [5.41, 5.74) is 6.25. The lowest BCUT2D eigenvalue weighted by Crippen LogP contribution is -2.50. The normalized spacial score (nSPS) is 33.3. The second-order valence-corrected chi connectivity index (χ2v) is 7.47. The van der Waals surface area contributed by atoms with Crippen molar-refractivity contribution in [3.8, 4) is 0 Å². The third-order valence-electron chi connectivity index (χ3n) is 5.31. The van der Waals surface area contributed by atoms with Crippen LogP contribution in [0.15, 0.2) is 0 Å². The maximum absolute atomic E-state index is 6.25. The van der Waals surface area contributed by atoms with E-state index in [9.17, 15) is 0 Å². The molecule has 2 atom stereocenters. The Morgan fingerprint density at radius 1 is 0.750 bits per heavy atom. The van der Waals surface area contributed by atoms with Crippen LogP contribution in [0.2, 0.25) is 0 Å². The van der Waals surface area contributed by atoms with Crippen LogP contribution in [0.3, 0.4) is 0 Å². The molecule has 2 heteroatoms. The summed E-state index contributed by atoms with van der Waals surface area (Å²) in [6.07, 6.45) is 17.2. The van der Waals surface area contributed by atoms with Crippen LogP contribution in [0, 0.1) is 5.92 Å². The first-order valence-corrected chi connectivity index (χ1v) is 9.25. The predicted octanol–water partition coefficient (Wildman–Crippen LogP) is 4.33. The zero-order chi connectivity index (χ0) is 14.2. The summed E-state index contributed by atoms with van der Waals surface area (Å²) in [5, 5.41) is 0. The molecular formula is C18H36N2. The smallest absolute Gasteiger partial charge is 0.0170 e. The lowest BCUT2D eigenvalue weighted by atomic mass is 9.91. The molecule has 1 heterocycles. The van der Waals surface area contributed by atoms with Gasteiger partial charge in [-0.2, -0.15) is 0 Å². The Morgan fingerprint density at radius 3 is 1.75 bits per heavy atom. The van der Waals surface area contributed by atoms with Crippen molar-refractivity contribution in [3.05, 3.63) is 0 Å². The van der Waals surface area contributed by atoms with E-state index in [1.54, 1.807) is 0 Å². The minimum absolute atomic E-state index is 0.417. The summed E-state index contributed by atoms with van der Waals surface area (Å²) in [6, 6.07) is 1.24. The Hall–Kier alpha value is -0.0800. The van der Waals surface area contributed by atoms with E-state index in [2.05, 4.69) is 11.8 Å². The van der Waals surface area contributed by atoms with Crippen LogP contribution in [0.1, 0.15) is 84.0 Å². The Bertz CT molecular complexity index is 232. The lowest BCUT2D eigenvalue weighted by Gasteiger charge is -2.40. The van der Waals surface area contributed by atoms with Crippen molar-refractivity contribution >= 4 is 0 Å². The van der Waals surface area contributed by atoms with Crippen molar-refractivity contribution in [1.82, 2.24) is 4.90 Å². The molecule has 0 spiro atoms. The minimum Gasteiger partial charge on any atom is -0.327 e. The first kappa shape index (κ1) is 16.3. The van der Waals surface area contributed by atoms with Crippen molar-refractivity contribution in [2.45, 2.75) is 96.1 Å². The first-order chi connectivity index (χ1) is 9.75. The summed E-state index contributed by atoms with van der Waals surface area (Å²) < 4.78 is 0. The fourth-order valence-corrected chi connectivity index (χ4v) is 4.25. The number of rotatable bonds is 1. The number of hydrogen-bond donors (Lipinski definition) is 1. The van der Waals surface area contributed by atoms with Gasteiger partial charge in [0, 0.05) is 25.2 Å². The average molecular weight is 280 g/mol. The Morgan fingerprint density at radius 2 is 1.25 bits per heavy atom. The molecule has 2 rings (SSSR count). The molecule has 0 aromatic rings. The van der Waals surface area contributed by atoms with E-state index in [1.165, 1.54) is 83.6 Å². The molecule has 1 saturated heterocycles. The van der Waals surface area contributed by atoms with Crippen LogP contribution in [0.4, 0.5) is 0 Å². The molecule has 0 aromatic carbocycles. The predicted molar refractivity (Wildman–Crippen MR) is 87.9 cm³/mol. The zero-order valence-electron chi connectivity index (χ0n) is 13.7. The van der Waals surface area contributed by atoms with Gasteiger partial charge < -0.3 is 5.73 Å². The first-order valence-electron chi connectivity index (χ1n) is 9.25. The van der Waals surface area contributed by atoms with E-state index in [0.29, 0.717) is 6.04 Å². The van der Waals surface area contributed by atoms with Crippen LogP contribution >= 0.6 is 0 Å². The van der Waals surface area contributed by atoms with Gasteiger partial charge in [0.2, 0.25) is 0 Å². The molecule has 0 radical (unpaired) electrons. The summed E-state index contributed by atoms with van der Waals surface area (Å²) in [7, 11) is 0. The van der Waals surface area contributed by atoms with Gasteiger partial charge in [0.15, 0.2) is 0 Å². The van der Waals surface area contributed by atoms with Crippen LogP contribution in [0.25, 0.3) is 0 Å². The molecule has 118 valence electrons. The van der Waals surface area contributed by atoms with E-state index in [0.717, 1.165) is 18.5 Å². The lowest BCUT2D eigenvalue weighted by molar-refractivity contribution is 0.101. The molecule has 2 N–H and O–H groups in total. The van der Waals surface area contributed by atoms with Crippen LogP contribution < -0.4 is 5.73 Å². The van der Waals surface area contributed by atoms with Gasteiger partial charge in [0.05, 0.1) is 0 Å². The van der Waals surface area contributed by atoms with E-state index in [1.807, 2.05) is 0 Å². The average Bonchev–Trinajstić information content (AvgIpc) is 2.38. The molecule has 20 heavy (non-hydrogen) atoms. The van der Waals surface area contributed by atoms with Crippen LogP contribution in [0.5, 0.6) is 0 Å². The van der Waals surface area contributed by atoms with Gasteiger partial charge in [0.1, 0.15) is 0 Å². The summed E-state index contributed by atoms with van der Waals surface area (Å²) in [6.45, 7) is 4.81. The molecule has 1 saturated carbocycles. The van der Waals surface area contributed by atoms with Gasteiger partial charge in [-0.25, -0.2) is 0 Å². The summed E-state index contributed by atoms with van der Waals surface area (Å²) >= 11 is 0. The largest absolute Gasteiger partial charge is 0.327 e. The van der Waals surface area contributed by atoms with E-state index < -0.39 is 0 Å². The highest BCUT2D eigenvalue weighted by molar-refractivity contribution is 4.84. The summed E-state index contributed by atoms with van der Waals surface area (Å²) in [4.78, 5) is 2.74. The van der Waals surface area contributed by atoms with Crippen LogP contribution in [-0.4, -0.2) is 30.1 Å². The fraction of sp³-hybridized carbons (Fsp3) is 1.00. The highest BCUT2D eigenvalue weighted by Gasteiger charge is 2.27. The van der Waals surface area contributed by atoms with E-state index >= 15 is 0 Å². The fourth-order valence-electron chi connectivity index (χ4n) is 4.25. The highest BCUT2D eigenvalue weighted by Crippen LogP contribution is 2.24. The number of nitrogens with zero attached hydrogens (tertiary/aromatic N) is 1. The molecule has 1 aliphatic heterocycles. The number of hydrogen-bond acceptors (Lipinski definition) is 2. The molecule has 0 aromatic heterocycles. The Balaban J connectivity index is 1.84. The monoisotopic (exact) mass is 280 g/mol. The van der Waals surface area contributed by atoms with Gasteiger partial charge in [-0.3, -0.25) is 4.90 Å². The van der Waals surface area contributed by atoms with E-state index in [4.69, 9.17) is 5.73 Å². The standard InChI is InChI=1S/C18H36N2/c1-16-13-17(19)15-20(14-16)18-11-9-7-5-3-2-4-6-8-10-12-18/h16-18H,2-15,19H2,1H3. The van der Waals surface area contributed by atoms with Gasteiger partial charge in [-0.05, 0) is 25.2 Å². The second kappa shape index (κ2) is 9.04. The minimum atomic E-state index is 0.417. The van der Waals surface area contributed by atoms with Gasteiger partial charge in [-0.15, -0.1) is 0 Å². The molecule has 2 unspecified atom stereocenters. The number of nitrogens with two attached hydrogens (primary N) is 1. The Kier molecular flexibility index (Phi) is 7.37. The van der Waals surface area contributed by atoms with Gasteiger partial charge in [0.25, 0.3) is 0 Å². The molecule has 2 aliphatic rings. The molecule has 0 amide bonds. The maximum Gasteiger partial charge on any atom is 0.0170 e. The quantitative estimate of drug-likeness (QED) is 0.774. The Labute approximate surface area is 126 Å². The third kappa shape index (κ3) is 5.73. The summed E-state index contributed by atoms with van der Waals surface area (Å²) in [5.74, 6) is 0.792. The van der Waals surface area contributed by atoms with Crippen molar-refractivity contribution in [3.63, 3.8) is 0 Å². The van der Waals surface area contributed by atoms with Crippen molar-refractivity contribution < 1.29 is 0 Å². The third-order valence-corrected chi connectivity index (χ3v) is 5.31. The molecule has 2 nitrogen and oxygen atoms in total. The van der Waals surface area contributed by atoms with Crippen molar-refractivity contribution in [2.24, 2.45) is 11.7 Å². The van der Waals surface area contributed by atoms with Gasteiger partial charge >= 0.3 is 0 Å². The topological polar surface area (TPSA) is 29.3 Å². The van der Waals surface area contributed by atoms with Crippen LogP contribution in [-0.2, 0) is 0 Å². The van der Waals surface area contributed by atoms with E-state index in [-0.39, 0.29) is 0 Å². The molecule has 2 fully saturated rings. The number of piperidine rings is 1. The molecule has 0 bridgehead atoms. The highest BCUT2D eigenvalue weighted by atomic mass is 15.2. The zero-order valence-corrected chi connectivity index (χ0v) is 13.7.